The van der Waals surface area contributed by atoms with E-state index in [0.717, 1.165) is 0 Å². The fraction of sp³-hybridized carbons (Fsp3) is 0.333. The van der Waals surface area contributed by atoms with Crippen molar-refractivity contribution in [3.05, 3.63) is 12.4 Å². The second-order valence-electron chi connectivity index (χ2n) is 2.07. The maximum absolute atomic E-state index is 11.6. The predicted octanol–water partition coefficient (Wildman–Crippen LogP) is 0.591. The molecule has 0 bridgehead atoms. The summed E-state index contributed by atoms with van der Waals surface area (Å²) in [4.78, 5) is 10.3. The van der Waals surface area contributed by atoms with Crippen molar-refractivity contribution in [1.29, 1.82) is 0 Å². The molecule has 0 N–H and O–H groups in total. The Bertz CT molecular complexity index is 285. The highest BCUT2D eigenvalue weighted by molar-refractivity contribution is 5.75. The number of hydrogen-bond acceptors (Lipinski definition) is 3. The van der Waals surface area contributed by atoms with Gasteiger partial charge in [-0.3, -0.25) is 4.68 Å². The van der Waals surface area contributed by atoms with Crippen LogP contribution in [0.3, 0.4) is 0 Å². The van der Waals surface area contributed by atoms with E-state index in [1.54, 1.807) is 7.05 Å². The topological polar surface area (TPSA) is 44.1 Å². The molecule has 0 aliphatic rings. The first-order valence-electron chi connectivity index (χ1n) is 3.08. The average Bonchev–Trinajstić information content (AvgIpc) is 2.35. The second kappa shape index (κ2) is 3.29. The van der Waals surface area contributed by atoms with E-state index in [4.69, 9.17) is 0 Å². The summed E-state index contributed by atoms with van der Waals surface area (Å²) in [6.45, 7) is 0. The third kappa shape index (κ3) is 2.01. The maximum atomic E-state index is 11.6. The van der Waals surface area contributed by atoms with Gasteiger partial charge in [-0.2, -0.15) is 13.9 Å². The first-order chi connectivity index (χ1) is 5.59. The number of aryl methyl sites for hydroxylation is 1. The summed E-state index contributed by atoms with van der Waals surface area (Å²) in [7, 11) is 1.58. The highest BCUT2D eigenvalue weighted by Crippen LogP contribution is 2.09. The Hall–Kier alpha value is -1.46. The van der Waals surface area contributed by atoms with Crippen LogP contribution < -0.4 is 4.74 Å². The summed E-state index contributed by atoms with van der Waals surface area (Å²) >= 11 is 0. The normalized spacial score (nSPS) is 10.3. The summed E-state index contributed by atoms with van der Waals surface area (Å²) < 4.78 is 28.8. The van der Waals surface area contributed by atoms with Crippen LogP contribution in [-0.4, -0.2) is 22.2 Å². The molecule has 0 aliphatic carbocycles. The van der Waals surface area contributed by atoms with Crippen LogP contribution in [0.4, 0.5) is 8.78 Å². The van der Waals surface area contributed by atoms with Gasteiger partial charge in [0, 0.05) is 7.05 Å². The molecule has 0 radical (unpaired) electrons. The molecule has 0 unspecified atom stereocenters. The minimum absolute atomic E-state index is 0.0165. The van der Waals surface area contributed by atoms with Crippen molar-refractivity contribution in [2.45, 2.75) is 6.43 Å². The maximum Gasteiger partial charge on any atom is 0.379 e. The molecule has 0 atom stereocenters. The lowest BCUT2D eigenvalue weighted by molar-refractivity contribution is -0.146. The number of carbonyl (C=O) groups excluding carboxylic acids is 1. The van der Waals surface area contributed by atoms with Gasteiger partial charge in [-0.1, -0.05) is 0 Å². The quantitative estimate of drug-likeness (QED) is 0.619. The third-order valence-electron chi connectivity index (χ3n) is 1.08. The van der Waals surface area contributed by atoms with Crippen LogP contribution in [-0.2, 0) is 11.8 Å². The van der Waals surface area contributed by atoms with Gasteiger partial charge in [0.1, 0.15) is 0 Å². The largest absolute Gasteiger partial charge is 0.419 e. The van der Waals surface area contributed by atoms with Crippen molar-refractivity contribution >= 4 is 5.97 Å². The Morgan fingerprint density at radius 2 is 2.42 bits per heavy atom. The molecule has 0 spiro atoms. The molecule has 1 aromatic rings. The third-order valence-corrected chi connectivity index (χ3v) is 1.08. The Morgan fingerprint density at radius 3 is 2.83 bits per heavy atom. The number of aromatic nitrogens is 2. The SMILES string of the molecule is Cn1cc(OC(=O)C(F)F)cn1. The number of carbonyl (C=O) groups is 1. The molecule has 0 amide bonds. The van der Waals surface area contributed by atoms with Gasteiger partial charge in [-0.25, -0.2) is 4.79 Å². The lowest BCUT2D eigenvalue weighted by Crippen LogP contribution is -2.16. The van der Waals surface area contributed by atoms with Gasteiger partial charge < -0.3 is 4.74 Å². The Labute approximate surface area is 66.7 Å². The Balaban J connectivity index is 2.58. The van der Waals surface area contributed by atoms with Crippen LogP contribution in [0.15, 0.2) is 12.4 Å². The van der Waals surface area contributed by atoms with Crippen molar-refractivity contribution in [2.24, 2.45) is 7.05 Å². The zero-order chi connectivity index (χ0) is 9.14. The summed E-state index contributed by atoms with van der Waals surface area (Å²) in [5.41, 5.74) is 0. The van der Waals surface area contributed by atoms with E-state index in [2.05, 4.69) is 9.84 Å². The van der Waals surface area contributed by atoms with Crippen LogP contribution in [0, 0.1) is 0 Å². The van der Waals surface area contributed by atoms with Crippen LogP contribution >= 0.6 is 0 Å². The van der Waals surface area contributed by atoms with Gasteiger partial charge >= 0.3 is 12.4 Å². The highest BCUT2D eigenvalue weighted by atomic mass is 19.3. The molecular weight excluding hydrogens is 170 g/mol. The fourth-order valence-corrected chi connectivity index (χ4v) is 0.612. The van der Waals surface area contributed by atoms with Gasteiger partial charge in [0.15, 0.2) is 5.75 Å². The predicted molar refractivity (Wildman–Crippen MR) is 34.8 cm³/mol. The number of alkyl halides is 2. The average molecular weight is 176 g/mol. The van der Waals surface area contributed by atoms with E-state index in [9.17, 15) is 13.6 Å². The minimum atomic E-state index is -3.11. The summed E-state index contributed by atoms with van der Waals surface area (Å²) in [5, 5.41) is 3.62. The van der Waals surface area contributed by atoms with E-state index >= 15 is 0 Å². The first kappa shape index (κ1) is 8.63. The molecule has 0 aliphatic heterocycles. The van der Waals surface area contributed by atoms with E-state index < -0.39 is 12.4 Å². The van der Waals surface area contributed by atoms with E-state index in [1.807, 2.05) is 0 Å². The number of esters is 1. The first-order valence-corrected chi connectivity index (χ1v) is 3.08. The van der Waals surface area contributed by atoms with E-state index in [-0.39, 0.29) is 5.75 Å². The van der Waals surface area contributed by atoms with Crippen LogP contribution in [0.25, 0.3) is 0 Å². The molecule has 4 nitrogen and oxygen atoms in total. The van der Waals surface area contributed by atoms with Crippen molar-refractivity contribution in [3.63, 3.8) is 0 Å². The van der Waals surface area contributed by atoms with Gasteiger partial charge in [-0.05, 0) is 0 Å². The molecule has 0 saturated carbocycles. The van der Waals surface area contributed by atoms with Gasteiger partial charge in [-0.15, -0.1) is 0 Å². The summed E-state index contributed by atoms with van der Waals surface area (Å²) in [6.07, 6.45) is -0.606. The lowest BCUT2D eigenvalue weighted by atomic mass is 10.6. The van der Waals surface area contributed by atoms with Gasteiger partial charge in [0.2, 0.25) is 0 Å². The van der Waals surface area contributed by atoms with Gasteiger partial charge in [0.25, 0.3) is 0 Å². The van der Waals surface area contributed by atoms with Crippen LogP contribution in [0.1, 0.15) is 0 Å². The molecule has 66 valence electrons. The van der Waals surface area contributed by atoms with Crippen LogP contribution in [0.5, 0.6) is 5.75 Å². The molecule has 1 aromatic heterocycles. The number of halogens is 2. The molecule has 0 aromatic carbocycles. The van der Waals surface area contributed by atoms with Crippen LogP contribution in [0.2, 0.25) is 0 Å². The number of hydrogen-bond donors (Lipinski definition) is 0. The molecule has 6 heteroatoms. The molecule has 12 heavy (non-hydrogen) atoms. The fourth-order valence-electron chi connectivity index (χ4n) is 0.612. The van der Waals surface area contributed by atoms with E-state index in [1.165, 1.54) is 17.1 Å². The van der Waals surface area contributed by atoms with E-state index in [0.29, 0.717) is 0 Å². The molecule has 0 fully saturated rings. The summed E-state index contributed by atoms with van der Waals surface area (Å²) in [6, 6.07) is 0. The standard InChI is InChI=1S/C6H6F2N2O2/c1-10-3-4(2-9-10)12-6(11)5(7)8/h2-3,5H,1H3. The number of nitrogens with zero attached hydrogens (tertiary/aromatic N) is 2. The van der Waals surface area contributed by atoms with Crippen molar-refractivity contribution < 1.29 is 18.3 Å². The smallest absolute Gasteiger partial charge is 0.379 e. The Kier molecular flexibility index (Phi) is 2.37. The van der Waals surface area contributed by atoms with Crippen molar-refractivity contribution in [2.75, 3.05) is 0 Å². The monoisotopic (exact) mass is 176 g/mol. The minimum Gasteiger partial charge on any atom is -0.419 e. The van der Waals surface area contributed by atoms with Crippen molar-refractivity contribution in [1.82, 2.24) is 9.78 Å². The zero-order valence-electron chi connectivity index (χ0n) is 6.20. The summed E-state index contributed by atoms with van der Waals surface area (Å²) in [5.74, 6) is -1.55. The highest BCUT2D eigenvalue weighted by Gasteiger charge is 2.18. The van der Waals surface area contributed by atoms with Crippen molar-refractivity contribution in [3.8, 4) is 5.75 Å². The zero-order valence-corrected chi connectivity index (χ0v) is 6.20. The lowest BCUT2D eigenvalue weighted by Gasteiger charge is -1.97. The number of ether oxygens (including phenoxy) is 1. The molecule has 0 saturated heterocycles. The second-order valence-corrected chi connectivity index (χ2v) is 2.07. The Morgan fingerprint density at radius 1 is 1.75 bits per heavy atom. The molecular formula is C6H6F2N2O2. The molecule has 1 rings (SSSR count). The van der Waals surface area contributed by atoms with Gasteiger partial charge in [0.05, 0.1) is 12.4 Å². The molecule has 1 heterocycles. The number of rotatable bonds is 2.